The van der Waals surface area contributed by atoms with Gasteiger partial charge >= 0.3 is 0 Å². The number of halogens is 1. The van der Waals surface area contributed by atoms with Gasteiger partial charge in [0.1, 0.15) is 6.20 Å². The van der Waals surface area contributed by atoms with E-state index in [0.29, 0.717) is 5.69 Å². The Morgan fingerprint density at radius 1 is 1.40 bits per heavy atom. The Bertz CT molecular complexity index is 470. The Kier molecular flexibility index (Phi) is 2.77. The quantitative estimate of drug-likeness (QED) is 0.905. The maximum absolute atomic E-state index is 11.5. The molecule has 1 N–H and O–H groups in total. The van der Waals surface area contributed by atoms with Crippen LogP contribution in [-0.2, 0) is 0 Å². The summed E-state index contributed by atoms with van der Waals surface area (Å²) in [7, 11) is 0. The molecule has 1 amide bonds. The summed E-state index contributed by atoms with van der Waals surface area (Å²) in [6.07, 6.45) is 1.26. The van der Waals surface area contributed by atoms with Gasteiger partial charge in [-0.05, 0) is 33.2 Å². The monoisotopic (exact) mass is 267 g/mol. The summed E-state index contributed by atoms with van der Waals surface area (Å²) in [5.74, 6) is -0.358. The molecule has 0 saturated carbocycles. The highest BCUT2D eigenvalue weighted by Gasteiger charge is 2.11. The topological polar surface area (TPSA) is 68.0 Å². The van der Waals surface area contributed by atoms with E-state index in [-0.39, 0.29) is 11.6 Å². The van der Waals surface area contributed by atoms with Crippen molar-refractivity contribution in [2.75, 3.05) is 5.32 Å². The fourth-order valence-electron chi connectivity index (χ4n) is 1.01. The predicted molar refractivity (Wildman–Crippen MR) is 56.4 cm³/mol. The zero-order valence-electron chi connectivity index (χ0n) is 7.48. The van der Waals surface area contributed by atoms with E-state index >= 15 is 0 Å². The zero-order valence-corrected chi connectivity index (χ0v) is 9.06. The minimum absolute atomic E-state index is 0.144. The maximum atomic E-state index is 11.5. The van der Waals surface area contributed by atoms with Crippen molar-refractivity contribution in [3.63, 3.8) is 0 Å². The van der Waals surface area contributed by atoms with E-state index in [1.54, 1.807) is 6.07 Å². The summed E-state index contributed by atoms with van der Waals surface area (Å²) >= 11 is 3.31. The molecule has 2 rings (SSSR count). The molecule has 0 aliphatic heterocycles. The third-order valence-electron chi connectivity index (χ3n) is 1.72. The lowest BCUT2D eigenvalue weighted by Crippen LogP contribution is -2.12. The standard InChI is InChI=1S/C9H6BrN3O2/c10-6-3-1-2-4-7(6)12-9(14)8-5-11-15-13-8/h1-5H,(H,12,14). The Morgan fingerprint density at radius 2 is 2.20 bits per heavy atom. The van der Waals surface area contributed by atoms with Gasteiger partial charge in [0, 0.05) is 4.47 Å². The molecule has 0 bridgehead atoms. The van der Waals surface area contributed by atoms with Gasteiger partial charge in [0.2, 0.25) is 0 Å². The van der Waals surface area contributed by atoms with Crippen LogP contribution in [0.5, 0.6) is 0 Å². The first-order valence-electron chi connectivity index (χ1n) is 4.11. The molecule has 1 aromatic heterocycles. The number of anilines is 1. The van der Waals surface area contributed by atoms with Crippen molar-refractivity contribution in [1.29, 1.82) is 0 Å². The van der Waals surface area contributed by atoms with Crippen LogP contribution >= 0.6 is 15.9 Å². The molecule has 76 valence electrons. The first-order valence-corrected chi connectivity index (χ1v) is 4.90. The largest absolute Gasteiger partial charge is 0.319 e. The molecule has 6 heteroatoms. The third kappa shape index (κ3) is 2.21. The number of benzene rings is 1. The fourth-order valence-corrected chi connectivity index (χ4v) is 1.40. The number of aromatic nitrogens is 2. The Hall–Kier alpha value is -1.69. The summed E-state index contributed by atoms with van der Waals surface area (Å²) in [6, 6.07) is 7.28. The Labute approximate surface area is 93.6 Å². The van der Waals surface area contributed by atoms with Crippen LogP contribution in [0.1, 0.15) is 10.5 Å². The van der Waals surface area contributed by atoms with Crippen molar-refractivity contribution in [3.8, 4) is 0 Å². The average Bonchev–Trinajstić information content (AvgIpc) is 2.74. The molecule has 0 atom stereocenters. The molecule has 15 heavy (non-hydrogen) atoms. The summed E-state index contributed by atoms with van der Waals surface area (Å²) in [6.45, 7) is 0. The van der Waals surface area contributed by atoms with Crippen LogP contribution in [0.15, 0.2) is 39.6 Å². The lowest BCUT2D eigenvalue weighted by atomic mass is 10.3. The van der Waals surface area contributed by atoms with Gasteiger partial charge in [0.05, 0.1) is 5.69 Å². The van der Waals surface area contributed by atoms with Gasteiger partial charge in [-0.15, -0.1) is 0 Å². The van der Waals surface area contributed by atoms with Gasteiger partial charge in [-0.1, -0.05) is 17.3 Å². The van der Waals surface area contributed by atoms with Crippen molar-refractivity contribution in [1.82, 2.24) is 10.3 Å². The van der Waals surface area contributed by atoms with E-state index < -0.39 is 0 Å². The highest BCUT2D eigenvalue weighted by Crippen LogP contribution is 2.21. The molecule has 0 radical (unpaired) electrons. The number of carbonyl (C=O) groups is 1. The number of amides is 1. The lowest BCUT2D eigenvalue weighted by molar-refractivity contribution is 0.101. The number of nitrogens with one attached hydrogen (secondary N) is 1. The number of carbonyl (C=O) groups excluding carboxylic acids is 1. The predicted octanol–water partition coefficient (Wildman–Crippen LogP) is 2.08. The molecule has 0 unspecified atom stereocenters. The van der Waals surface area contributed by atoms with Crippen LogP contribution in [0, 0.1) is 0 Å². The molecule has 1 aromatic carbocycles. The number of hydrogen-bond donors (Lipinski definition) is 1. The van der Waals surface area contributed by atoms with Crippen molar-refractivity contribution in [2.45, 2.75) is 0 Å². The molecule has 0 aliphatic carbocycles. The molecule has 5 nitrogen and oxygen atoms in total. The highest BCUT2D eigenvalue weighted by molar-refractivity contribution is 9.10. The Morgan fingerprint density at radius 3 is 2.87 bits per heavy atom. The molecule has 0 aliphatic rings. The van der Waals surface area contributed by atoms with Gasteiger partial charge < -0.3 is 5.32 Å². The molecular formula is C9H6BrN3O2. The van der Waals surface area contributed by atoms with E-state index in [1.165, 1.54) is 6.20 Å². The summed E-state index contributed by atoms with van der Waals surface area (Å²) in [4.78, 5) is 11.5. The average molecular weight is 268 g/mol. The summed E-state index contributed by atoms with van der Waals surface area (Å²) < 4.78 is 5.13. The van der Waals surface area contributed by atoms with Crippen LogP contribution < -0.4 is 5.32 Å². The van der Waals surface area contributed by atoms with Crippen molar-refractivity contribution in [2.24, 2.45) is 0 Å². The van der Waals surface area contributed by atoms with Crippen LogP contribution in [0.4, 0.5) is 5.69 Å². The van der Waals surface area contributed by atoms with Gasteiger partial charge in [0.15, 0.2) is 5.69 Å². The smallest absolute Gasteiger partial charge is 0.279 e. The first-order chi connectivity index (χ1) is 7.27. The van der Waals surface area contributed by atoms with E-state index in [0.717, 1.165) is 4.47 Å². The van der Waals surface area contributed by atoms with Crippen LogP contribution in [0.2, 0.25) is 0 Å². The zero-order chi connectivity index (χ0) is 10.7. The number of nitrogens with zero attached hydrogens (tertiary/aromatic N) is 2. The van der Waals surface area contributed by atoms with Crippen molar-refractivity contribution in [3.05, 3.63) is 40.6 Å². The van der Waals surface area contributed by atoms with E-state index in [2.05, 4.69) is 36.2 Å². The van der Waals surface area contributed by atoms with Gasteiger partial charge in [0.25, 0.3) is 5.91 Å². The molecule has 0 saturated heterocycles. The summed E-state index contributed by atoms with van der Waals surface area (Å²) in [5.41, 5.74) is 0.816. The third-order valence-corrected chi connectivity index (χ3v) is 2.41. The summed E-state index contributed by atoms with van der Waals surface area (Å²) in [5, 5.41) is 9.44. The second-order valence-corrected chi connectivity index (χ2v) is 3.58. The van der Waals surface area contributed by atoms with Crippen LogP contribution in [0.3, 0.4) is 0 Å². The molecule has 1 heterocycles. The number of para-hydroxylation sites is 1. The second kappa shape index (κ2) is 4.22. The van der Waals surface area contributed by atoms with Gasteiger partial charge in [-0.2, -0.15) is 0 Å². The van der Waals surface area contributed by atoms with Crippen LogP contribution in [-0.4, -0.2) is 16.2 Å². The maximum Gasteiger partial charge on any atom is 0.279 e. The SMILES string of the molecule is O=C(Nc1ccccc1Br)c1cnon1. The van der Waals surface area contributed by atoms with E-state index in [1.807, 2.05) is 18.2 Å². The van der Waals surface area contributed by atoms with Crippen molar-refractivity contribution >= 4 is 27.5 Å². The lowest BCUT2D eigenvalue weighted by Gasteiger charge is -2.03. The molecule has 2 aromatic rings. The van der Waals surface area contributed by atoms with Crippen LogP contribution in [0.25, 0.3) is 0 Å². The minimum Gasteiger partial charge on any atom is -0.319 e. The van der Waals surface area contributed by atoms with Gasteiger partial charge in [-0.25, -0.2) is 4.63 Å². The van der Waals surface area contributed by atoms with E-state index in [9.17, 15) is 4.79 Å². The van der Waals surface area contributed by atoms with Gasteiger partial charge in [-0.3, -0.25) is 4.79 Å². The Balaban J connectivity index is 2.17. The molecular weight excluding hydrogens is 262 g/mol. The molecule has 0 spiro atoms. The fraction of sp³-hybridized carbons (Fsp3) is 0. The van der Waals surface area contributed by atoms with Crippen molar-refractivity contribution < 1.29 is 9.42 Å². The van der Waals surface area contributed by atoms with E-state index in [4.69, 9.17) is 0 Å². The second-order valence-electron chi connectivity index (χ2n) is 2.73. The normalized spacial score (nSPS) is 9.93. The number of hydrogen-bond acceptors (Lipinski definition) is 4. The highest BCUT2D eigenvalue weighted by atomic mass is 79.9. The minimum atomic E-state index is -0.358. The number of rotatable bonds is 2. The first kappa shape index (κ1) is 9.85. The molecule has 0 fully saturated rings.